The highest BCUT2D eigenvalue weighted by molar-refractivity contribution is 5.80. The van der Waals surface area contributed by atoms with E-state index in [0.717, 1.165) is 31.8 Å². The third kappa shape index (κ3) is 5.49. The molecule has 1 saturated heterocycles. The molecule has 1 rings (SSSR count). The predicted octanol–water partition coefficient (Wildman–Crippen LogP) is 1.99. The van der Waals surface area contributed by atoms with Crippen molar-refractivity contribution in [3.05, 3.63) is 0 Å². The Kier molecular flexibility index (Phi) is 7.39. The Balaban J connectivity index is 2.27. The lowest BCUT2D eigenvalue weighted by atomic mass is 9.96. The fourth-order valence-corrected chi connectivity index (χ4v) is 2.65. The number of ether oxygens (including phenoxy) is 1. The Bertz CT molecular complexity index is 263. The van der Waals surface area contributed by atoms with Crippen LogP contribution in [0, 0.1) is 5.92 Å². The molecule has 0 bridgehead atoms. The first-order chi connectivity index (χ1) is 9.08. The van der Waals surface area contributed by atoms with Crippen molar-refractivity contribution in [2.24, 2.45) is 5.92 Å². The van der Waals surface area contributed by atoms with Crippen molar-refractivity contribution in [3.8, 4) is 0 Å². The number of rotatable bonds is 7. The summed E-state index contributed by atoms with van der Waals surface area (Å²) in [6, 6.07) is 0. The summed E-state index contributed by atoms with van der Waals surface area (Å²) < 4.78 is 5.10. The fourth-order valence-electron chi connectivity index (χ4n) is 2.65. The molecular weight excluding hydrogens is 240 g/mol. The van der Waals surface area contributed by atoms with Crippen LogP contribution in [0.2, 0.25) is 0 Å². The number of piperidine rings is 1. The first-order valence-corrected chi connectivity index (χ1v) is 7.58. The van der Waals surface area contributed by atoms with Crippen LogP contribution in [0.3, 0.4) is 0 Å². The van der Waals surface area contributed by atoms with Crippen molar-refractivity contribution in [3.63, 3.8) is 0 Å². The quantitative estimate of drug-likeness (QED) is 0.709. The van der Waals surface area contributed by atoms with E-state index in [1.54, 1.807) is 7.11 Å². The van der Waals surface area contributed by atoms with Gasteiger partial charge in [0.15, 0.2) is 0 Å². The number of amides is 1. The van der Waals surface area contributed by atoms with Crippen molar-refractivity contribution in [2.45, 2.75) is 45.6 Å². The molecule has 1 unspecified atom stereocenters. The number of hydrogen-bond acceptors (Lipinski definition) is 3. The molecule has 0 saturated carbocycles. The summed E-state index contributed by atoms with van der Waals surface area (Å²) in [6.07, 6.45) is 4.48. The molecule has 112 valence electrons. The smallest absolute Gasteiger partial charge is 0.251 e. The molecule has 0 aliphatic carbocycles. The minimum Gasteiger partial charge on any atom is -0.372 e. The Hall–Kier alpha value is -0.610. The van der Waals surface area contributed by atoms with E-state index in [-0.39, 0.29) is 12.0 Å². The maximum absolute atomic E-state index is 12.0. The second-order valence-electron chi connectivity index (χ2n) is 5.76. The number of carbonyl (C=O) groups excluding carboxylic acids is 1. The lowest BCUT2D eigenvalue weighted by Gasteiger charge is -2.35. The SMILES string of the molecule is CCCCN(C)CC1CCN(C(=O)C(C)OC)CC1. The highest BCUT2D eigenvalue weighted by atomic mass is 16.5. The van der Waals surface area contributed by atoms with Crippen molar-refractivity contribution in [2.75, 3.05) is 40.3 Å². The average Bonchev–Trinajstić information content (AvgIpc) is 2.44. The monoisotopic (exact) mass is 270 g/mol. The van der Waals surface area contributed by atoms with E-state index in [1.165, 1.54) is 25.9 Å². The summed E-state index contributed by atoms with van der Waals surface area (Å²) >= 11 is 0. The minimum absolute atomic E-state index is 0.139. The summed E-state index contributed by atoms with van der Waals surface area (Å²) in [5.41, 5.74) is 0. The second kappa shape index (κ2) is 8.54. The summed E-state index contributed by atoms with van der Waals surface area (Å²) in [6.45, 7) is 8.19. The maximum atomic E-state index is 12.0. The minimum atomic E-state index is -0.302. The van der Waals surface area contributed by atoms with Crippen LogP contribution in [-0.2, 0) is 9.53 Å². The normalized spacial score (nSPS) is 18.9. The number of carbonyl (C=O) groups is 1. The van der Waals surface area contributed by atoms with Gasteiger partial charge in [0.25, 0.3) is 5.91 Å². The predicted molar refractivity (Wildman–Crippen MR) is 78.2 cm³/mol. The standard InChI is InChI=1S/C15H30N2O2/c1-5-6-9-16(3)12-14-7-10-17(11-8-14)15(18)13(2)19-4/h13-14H,5-12H2,1-4H3. The van der Waals surface area contributed by atoms with Crippen LogP contribution < -0.4 is 0 Å². The molecule has 1 amide bonds. The molecule has 0 aromatic carbocycles. The molecule has 0 spiro atoms. The Morgan fingerprint density at radius 2 is 2.05 bits per heavy atom. The summed E-state index contributed by atoms with van der Waals surface area (Å²) in [4.78, 5) is 16.4. The van der Waals surface area contributed by atoms with Gasteiger partial charge in [-0.15, -0.1) is 0 Å². The van der Waals surface area contributed by atoms with Gasteiger partial charge in [-0.1, -0.05) is 13.3 Å². The third-order valence-corrected chi connectivity index (χ3v) is 4.09. The molecule has 4 nitrogen and oxygen atoms in total. The van der Waals surface area contributed by atoms with Crippen molar-refractivity contribution >= 4 is 5.91 Å². The Labute approximate surface area is 118 Å². The van der Waals surface area contributed by atoms with Gasteiger partial charge in [0.1, 0.15) is 6.10 Å². The zero-order chi connectivity index (χ0) is 14.3. The number of likely N-dealkylation sites (tertiary alicyclic amines) is 1. The third-order valence-electron chi connectivity index (χ3n) is 4.09. The van der Waals surface area contributed by atoms with E-state index in [2.05, 4.69) is 18.9 Å². The van der Waals surface area contributed by atoms with Crippen LogP contribution in [0.5, 0.6) is 0 Å². The first-order valence-electron chi connectivity index (χ1n) is 7.58. The van der Waals surface area contributed by atoms with E-state index in [0.29, 0.717) is 0 Å². The molecule has 1 aliphatic heterocycles. The van der Waals surface area contributed by atoms with Crippen LogP contribution in [0.25, 0.3) is 0 Å². The molecular formula is C15H30N2O2. The zero-order valence-electron chi connectivity index (χ0n) is 13.0. The Morgan fingerprint density at radius 3 is 2.58 bits per heavy atom. The van der Waals surface area contributed by atoms with Crippen LogP contribution in [-0.4, -0.2) is 62.1 Å². The van der Waals surface area contributed by atoms with Crippen LogP contribution in [0.1, 0.15) is 39.5 Å². The number of methoxy groups -OCH3 is 1. The van der Waals surface area contributed by atoms with Gasteiger partial charge in [0, 0.05) is 26.7 Å². The molecule has 1 aliphatic rings. The second-order valence-corrected chi connectivity index (χ2v) is 5.76. The van der Waals surface area contributed by atoms with Crippen molar-refractivity contribution in [1.29, 1.82) is 0 Å². The van der Waals surface area contributed by atoms with Crippen LogP contribution in [0.15, 0.2) is 0 Å². The van der Waals surface area contributed by atoms with Crippen molar-refractivity contribution < 1.29 is 9.53 Å². The van der Waals surface area contributed by atoms with Gasteiger partial charge in [-0.3, -0.25) is 4.79 Å². The highest BCUT2D eigenvalue weighted by Crippen LogP contribution is 2.19. The van der Waals surface area contributed by atoms with E-state index in [9.17, 15) is 4.79 Å². The van der Waals surface area contributed by atoms with E-state index in [1.807, 2.05) is 11.8 Å². The molecule has 1 fully saturated rings. The molecule has 1 heterocycles. The van der Waals surface area contributed by atoms with Crippen LogP contribution >= 0.6 is 0 Å². The number of nitrogens with zero attached hydrogens (tertiary/aromatic N) is 2. The van der Waals surface area contributed by atoms with E-state index in [4.69, 9.17) is 4.74 Å². The molecule has 4 heteroatoms. The van der Waals surface area contributed by atoms with Gasteiger partial charge < -0.3 is 14.5 Å². The van der Waals surface area contributed by atoms with Gasteiger partial charge in [-0.05, 0) is 45.7 Å². The Morgan fingerprint density at radius 1 is 1.42 bits per heavy atom. The van der Waals surface area contributed by atoms with Gasteiger partial charge in [-0.2, -0.15) is 0 Å². The molecule has 0 aromatic heterocycles. The van der Waals surface area contributed by atoms with Gasteiger partial charge >= 0.3 is 0 Å². The topological polar surface area (TPSA) is 32.8 Å². The van der Waals surface area contributed by atoms with Crippen LogP contribution in [0.4, 0.5) is 0 Å². The van der Waals surface area contributed by atoms with E-state index >= 15 is 0 Å². The van der Waals surface area contributed by atoms with E-state index < -0.39 is 0 Å². The lowest BCUT2D eigenvalue weighted by molar-refractivity contribution is -0.142. The molecule has 0 aromatic rings. The molecule has 1 atom stereocenters. The molecule has 19 heavy (non-hydrogen) atoms. The largest absolute Gasteiger partial charge is 0.372 e. The maximum Gasteiger partial charge on any atom is 0.251 e. The first kappa shape index (κ1) is 16.4. The molecule has 0 radical (unpaired) electrons. The van der Waals surface area contributed by atoms with Crippen molar-refractivity contribution in [1.82, 2.24) is 9.80 Å². The summed E-state index contributed by atoms with van der Waals surface area (Å²) in [7, 11) is 3.80. The zero-order valence-corrected chi connectivity index (χ0v) is 13.0. The fraction of sp³-hybridized carbons (Fsp3) is 0.933. The number of unbranched alkanes of at least 4 members (excludes halogenated alkanes) is 1. The summed E-state index contributed by atoms with van der Waals surface area (Å²) in [5.74, 6) is 0.879. The van der Waals surface area contributed by atoms with Gasteiger partial charge in [-0.25, -0.2) is 0 Å². The van der Waals surface area contributed by atoms with Gasteiger partial charge in [0.2, 0.25) is 0 Å². The molecule has 0 N–H and O–H groups in total. The van der Waals surface area contributed by atoms with Gasteiger partial charge in [0.05, 0.1) is 0 Å². The number of hydrogen-bond donors (Lipinski definition) is 0. The average molecular weight is 270 g/mol. The summed E-state index contributed by atoms with van der Waals surface area (Å²) in [5, 5.41) is 0. The lowest BCUT2D eigenvalue weighted by Crippen LogP contribution is -2.45. The highest BCUT2D eigenvalue weighted by Gasteiger charge is 2.26.